The van der Waals surface area contributed by atoms with Gasteiger partial charge in [-0.25, -0.2) is 0 Å². The molecule has 0 aromatic rings. The van der Waals surface area contributed by atoms with Gasteiger partial charge >= 0.3 is 0 Å². The molecule has 0 atom stereocenters. The lowest BCUT2D eigenvalue weighted by molar-refractivity contribution is 0.0300. The van der Waals surface area contributed by atoms with E-state index in [1.165, 1.54) is 0 Å². The summed E-state index contributed by atoms with van der Waals surface area (Å²) in [5, 5.41) is 17.3. The molecule has 0 bridgehead atoms. The highest BCUT2D eigenvalue weighted by Gasteiger charge is 2.22. The normalized spacial score (nSPS) is 10.9. The van der Waals surface area contributed by atoms with E-state index >= 15 is 0 Å². The maximum atomic E-state index is 8.65. The van der Waals surface area contributed by atoms with Crippen LogP contribution in [0.25, 0.3) is 0 Å². The smallest absolute Gasteiger partial charge is 0.0859 e. The van der Waals surface area contributed by atoms with Crippen molar-refractivity contribution in [2.45, 2.75) is 12.5 Å². The van der Waals surface area contributed by atoms with Gasteiger partial charge in [0, 0.05) is 6.61 Å². The van der Waals surface area contributed by atoms with Crippen LogP contribution in [0.4, 0.5) is 0 Å². The summed E-state index contributed by atoms with van der Waals surface area (Å²) in [5.41, 5.74) is 4.48. The van der Waals surface area contributed by atoms with Crippen molar-refractivity contribution in [3.05, 3.63) is 0 Å². The van der Waals surface area contributed by atoms with Gasteiger partial charge in [0.1, 0.15) is 0 Å². The Morgan fingerprint density at radius 1 is 1.36 bits per heavy atom. The van der Waals surface area contributed by atoms with E-state index < -0.39 is 5.54 Å². The molecule has 0 amide bonds. The summed E-state index contributed by atoms with van der Waals surface area (Å²) in [4.78, 5) is 0. The van der Waals surface area contributed by atoms with Gasteiger partial charge in [0.25, 0.3) is 0 Å². The van der Waals surface area contributed by atoms with Gasteiger partial charge in [0.05, 0.1) is 25.4 Å². The van der Waals surface area contributed by atoms with E-state index in [4.69, 9.17) is 20.7 Å². The number of hydrogen-bond acceptors (Lipinski definition) is 4. The van der Waals surface area contributed by atoms with Crippen molar-refractivity contribution < 1.29 is 14.9 Å². The van der Waals surface area contributed by atoms with Crippen LogP contribution in [0.15, 0.2) is 0 Å². The molecule has 0 radical (unpaired) electrons. The topological polar surface area (TPSA) is 75.7 Å². The van der Waals surface area contributed by atoms with Crippen LogP contribution in [0.1, 0.15) is 6.92 Å². The Balaban J connectivity index is 0. The second kappa shape index (κ2) is 6.82. The molecule has 0 fully saturated rings. The molecule has 0 aromatic heterocycles. The fourth-order valence-corrected chi connectivity index (χ4v) is 0.447. The number of rotatable bonds is 5. The van der Waals surface area contributed by atoms with Crippen molar-refractivity contribution in [3.63, 3.8) is 0 Å². The van der Waals surface area contributed by atoms with Crippen molar-refractivity contribution in [2.24, 2.45) is 5.73 Å². The lowest BCUT2D eigenvalue weighted by atomic mass is 10.1. The van der Waals surface area contributed by atoms with Crippen LogP contribution in [0.2, 0.25) is 0 Å². The van der Waals surface area contributed by atoms with Crippen molar-refractivity contribution in [1.82, 2.24) is 0 Å². The summed E-state index contributed by atoms with van der Waals surface area (Å²) in [6, 6.07) is 0. The minimum Gasteiger partial charge on any atom is -0.394 e. The predicted molar refractivity (Wildman–Crippen MR) is 44.8 cm³/mol. The molecule has 11 heavy (non-hydrogen) atoms. The van der Waals surface area contributed by atoms with E-state index in [0.717, 1.165) is 0 Å². The van der Waals surface area contributed by atoms with E-state index in [9.17, 15) is 0 Å². The number of ether oxygens (including phenoxy) is 1. The average molecular weight is 186 g/mol. The van der Waals surface area contributed by atoms with Gasteiger partial charge in [0.15, 0.2) is 0 Å². The second-order valence-electron chi connectivity index (χ2n) is 2.32. The molecule has 4 nitrogen and oxygen atoms in total. The van der Waals surface area contributed by atoms with Gasteiger partial charge in [-0.05, 0) is 6.92 Å². The molecule has 0 unspecified atom stereocenters. The molecule has 0 spiro atoms. The quantitative estimate of drug-likeness (QED) is 0.521. The Morgan fingerprint density at radius 2 is 1.82 bits per heavy atom. The molecule has 4 N–H and O–H groups in total. The van der Waals surface area contributed by atoms with Crippen LogP contribution < -0.4 is 5.73 Å². The summed E-state index contributed by atoms with van der Waals surface area (Å²) in [7, 11) is 0. The minimum absolute atomic E-state index is 0. The van der Waals surface area contributed by atoms with Gasteiger partial charge in [-0.2, -0.15) is 0 Å². The van der Waals surface area contributed by atoms with E-state index in [1.54, 1.807) is 0 Å². The molecule has 0 aliphatic rings. The van der Waals surface area contributed by atoms with Crippen LogP contribution in [-0.2, 0) is 4.74 Å². The molecule has 0 aliphatic carbocycles. The van der Waals surface area contributed by atoms with Gasteiger partial charge < -0.3 is 20.7 Å². The van der Waals surface area contributed by atoms with Crippen molar-refractivity contribution >= 4 is 12.4 Å². The van der Waals surface area contributed by atoms with Gasteiger partial charge in [-0.15, -0.1) is 12.4 Å². The third kappa shape index (κ3) is 5.41. The molecule has 0 heterocycles. The monoisotopic (exact) mass is 185 g/mol. The zero-order chi connectivity index (χ0) is 8.04. The zero-order valence-electron chi connectivity index (χ0n) is 6.62. The highest BCUT2D eigenvalue weighted by atomic mass is 35.5. The van der Waals surface area contributed by atoms with Gasteiger partial charge in [0.2, 0.25) is 0 Å². The van der Waals surface area contributed by atoms with E-state index in [-0.39, 0.29) is 32.2 Å². The van der Waals surface area contributed by atoms with Gasteiger partial charge in [-0.3, -0.25) is 0 Å². The first-order chi connectivity index (χ1) is 4.68. The number of aliphatic hydroxyl groups is 2. The lowest BCUT2D eigenvalue weighted by Gasteiger charge is -2.23. The first kappa shape index (κ1) is 13.7. The SMILES string of the molecule is CCOCC(N)(CO)CO.Cl. The van der Waals surface area contributed by atoms with Gasteiger partial charge in [-0.1, -0.05) is 0 Å². The first-order valence-electron chi connectivity index (χ1n) is 3.27. The van der Waals surface area contributed by atoms with Crippen molar-refractivity contribution in [3.8, 4) is 0 Å². The zero-order valence-corrected chi connectivity index (χ0v) is 7.43. The largest absolute Gasteiger partial charge is 0.394 e. The lowest BCUT2D eigenvalue weighted by Crippen LogP contribution is -2.51. The van der Waals surface area contributed by atoms with Crippen LogP contribution in [-0.4, -0.2) is 42.2 Å². The predicted octanol–water partition coefficient (Wildman–Crippen LogP) is -0.873. The highest BCUT2D eigenvalue weighted by molar-refractivity contribution is 5.85. The van der Waals surface area contributed by atoms with Crippen LogP contribution in [0, 0.1) is 0 Å². The summed E-state index contributed by atoms with van der Waals surface area (Å²) >= 11 is 0. The minimum atomic E-state index is -0.976. The van der Waals surface area contributed by atoms with Crippen LogP contribution >= 0.6 is 12.4 Å². The van der Waals surface area contributed by atoms with E-state index in [2.05, 4.69) is 0 Å². The standard InChI is InChI=1S/C6H15NO3.ClH/c1-2-10-5-6(7,3-8)4-9;/h8-9H,2-5,7H2,1H3;1H. The third-order valence-corrected chi connectivity index (χ3v) is 1.22. The molecule has 0 aliphatic heterocycles. The van der Waals surface area contributed by atoms with Crippen molar-refractivity contribution in [1.29, 1.82) is 0 Å². The fraction of sp³-hybridized carbons (Fsp3) is 1.00. The summed E-state index contributed by atoms with van der Waals surface area (Å²) in [5.74, 6) is 0. The molecule has 0 saturated carbocycles. The van der Waals surface area contributed by atoms with Crippen LogP contribution in [0.3, 0.4) is 0 Å². The van der Waals surface area contributed by atoms with Crippen LogP contribution in [0.5, 0.6) is 0 Å². The molecular formula is C6H16ClNO3. The van der Waals surface area contributed by atoms with E-state index in [0.29, 0.717) is 6.61 Å². The second-order valence-corrected chi connectivity index (χ2v) is 2.32. The summed E-state index contributed by atoms with van der Waals surface area (Å²) < 4.78 is 4.94. The summed E-state index contributed by atoms with van der Waals surface area (Å²) in [6.45, 7) is 2.04. The molecule has 0 aromatic carbocycles. The number of halogens is 1. The highest BCUT2D eigenvalue weighted by Crippen LogP contribution is 1.97. The number of nitrogens with two attached hydrogens (primary N) is 1. The maximum Gasteiger partial charge on any atom is 0.0859 e. The Kier molecular flexibility index (Phi) is 8.49. The molecular weight excluding hydrogens is 170 g/mol. The maximum absolute atomic E-state index is 8.65. The fourth-order valence-electron chi connectivity index (χ4n) is 0.447. The Morgan fingerprint density at radius 3 is 2.09 bits per heavy atom. The summed E-state index contributed by atoms with van der Waals surface area (Å²) in [6.07, 6.45) is 0. The number of hydrogen-bond donors (Lipinski definition) is 3. The Bertz CT molecular complexity index is 87.9. The third-order valence-electron chi connectivity index (χ3n) is 1.22. The molecule has 0 saturated heterocycles. The molecule has 0 rings (SSSR count). The molecule has 5 heteroatoms. The average Bonchev–Trinajstić information content (AvgIpc) is 2.00. The Hall–Kier alpha value is 0.130. The molecule has 70 valence electrons. The number of aliphatic hydroxyl groups excluding tert-OH is 2. The van der Waals surface area contributed by atoms with Crippen molar-refractivity contribution in [2.75, 3.05) is 26.4 Å². The first-order valence-corrected chi connectivity index (χ1v) is 3.27. The van der Waals surface area contributed by atoms with E-state index in [1.807, 2.05) is 6.92 Å². The Labute approximate surface area is 72.8 Å².